The maximum absolute atomic E-state index is 12.4. The first-order chi connectivity index (χ1) is 15.1. The molecule has 3 amide bonds. The molecule has 0 atom stereocenters. The monoisotopic (exact) mass is 460 g/mol. The first-order valence-electron chi connectivity index (χ1n) is 10.5. The van der Waals surface area contributed by atoms with E-state index >= 15 is 0 Å². The zero-order valence-electron chi connectivity index (χ0n) is 18.4. The van der Waals surface area contributed by atoms with Crippen molar-refractivity contribution in [2.24, 2.45) is 5.92 Å². The Balaban J connectivity index is 1.53. The van der Waals surface area contributed by atoms with E-state index in [9.17, 15) is 19.7 Å². The molecule has 1 aliphatic heterocycles. The number of rotatable bonds is 5. The quantitative estimate of drug-likeness (QED) is 0.476. The zero-order chi connectivity index (χ0) is 23.3. The van der Waals surface area contributed by atoms with Gasteiger partial charge in [-0.05, 0) is 68.7 Å². The highest BCUT2D eigenvalue weighted by Gasteiger charge is 2.27. The Kier molecular flexibility index (Phi) is 7.34. The molecule has 3 rings (SSSR count). The number of hydrogen-bond acceptors (Lipinski definition) is 6. The van der Waals surface area contributed by atoms with Gasteiger partial charge in [0.25, 0.3) is 5.69 Å². The second-order valence-electron chi connectivity index (χ2n) is 8.71. The number of nitro groups is 1. The first kappa shape index (κ1) is 23.5. The highest BCUT2D eigenvalue weighted by molar-refractivity contribution is 7.13. The van der Waals surface area contributed by atoms with Gasteiger partial charge < -0.3 is 20.3 Å². The Hall–Kier alpha value is -3.14. The summed E-state index contributed by atoms with van der Waals surface area (Å²) in [6.07, 6.45) is 1.17. The van der Waals surface area contributed by atoms with E-state index in [1.807, 2.05) is 38.3 Å². The number of nitrogens with zero attached hydrogens (tertiary/aromatic N) is 2. The van der Waals surface area contributed by atoms with Crippen molar-refractivity contribution < 1.29 is 19.2 Å². The summed E-state index contributed by atoms with van der Waals surface area (Å²) in [5.41, 5.74) is 0.261. The molecule has 1 fully saturated rings. The Labute approximate surface area is 190 Å². The molecule has 2 aromatic rings. The summed E-state index contributed by atoms with van der Waals surface area (Å²) in [4.78, 5) is 38.1. The van der Waals surface area contributed by atoms with Crippen LogP contribution in [0.3, 0.4) is 0 Å². The van der Waals surface area contributed by atoms with Gasteiger partial charge in [0.2, 0.25) is 0 Å². The summed E-state index contributed by atoms with van der Waals surface area (Å²) < 4.78 is 5.40. The number of nitrogens with one attached hydrogen (secondary N) is 2. The number of nitro benzene ring substituents is 1. The van der Waals surface area contributed by atoms with Gasteiger partial charge in [0, 0.05) is 30.6 Å². The third-order valence-electron chi connectivity index (χ3n) is 5.06. The highest BCUT2D eigenvalue weighted by Crippen LogP contribution is 2.32. The van der Waals surface area contributed by atoms with Crippen molar-refractivity contribution in [2.45, 2.75) is 39.2 Å². The first-order valence-corrected chi connectivity index (χ1v) is 11.4. The number of amides is 3. The van der Waals surface area contributed by atoms with E-state index in [1.165, 1.54) is 17.4 Å². The van der Waals surface area contributed by atoms with Crippen LogP contribution in [0.15, 0.2) is 35.7 Å². The lowest BCUT2D eigenvalue weighted by atomic mass is 9.97. The van der Waals surface area contributed by atoms with Crippen LogP contribution >= 0.6 is 11.3 Å². The molecular formula is C22H28N4O5S. The molecule has 2 N–H and O–H groups in total. The number of likely N-dealkylation sites (tertiary alicyclic amines) is 1. The molecule has 0 spiro atoms. The molecular weight excluding hydrogens is 432 g/mol. The molecule has 1 aromatic heterocycles. The summed E-state index contributed by atoms with van der Waals surface area (Å²) in [6.45, 7) is 7.06. The molecule has 1 saturated heterocycles. The van der Waals surface area contributed by atoms with E-state index in [-0.39, 0.29) is 23.4 Å². The number of anilines is 1. The molecule has 2 heterocycles. The van der Waals surface area contributed by atoms with Crippen LogP contribution in [0.5, 0.6) is 0 Å². The number of piperidine rings is 1. The van der Waals surface area contributed by atoms with Gasteiger partial charge in [0.1, 0.15) is 11.3 Å². The van der Waals surface area contributed by atoms with Crippen LogP contribution in [0.25, 0.3) is 10.4 Å². The zero-order valence-corrected chi connectivity index (χ0v) is 19.2. The van der Waals surface area contributed by atoms with Crippen molar-refractivity contribution in [3.05, 3.63) is 45.8 Å². The van der Waals surface area contributed by atoms with E-state index in [0.717, 1.165) is 23.3 Å². The molecule has 0 bridgehead atoms. The van der Waals surface area contributed by atoms with Crippen LogP contribution < -0.4 is 10.6 Å². The summed E-state index contributed by atoms with van der Waals surface area (Å²) in [6, 6.07) is 8.01. The average Bonchev–Trinajstić information content (AvgIpc) is 3.26. The Morgan fingerprint density at radius 1 is 1.25 bits per heavy atom. The smallest absolute Gasteiger partial charge is 0.410 e. The molecule has 9 nitrogen and oxygen atoms in total. The Morgan fingerprint density at radius 3 is 2.56 bits per heavy atom. The number of urea groups is 1. The van der Waals surface area contributed by atoms with Gasteiger partial charge in [-0.25, -0.2) is 9.59 Å². The van der Waals surface area contributed by atoms with Gasteiger partial charge in [-0.1, -0.05) is 6.07 Å². The van der Waals surface area contributed by atoms with Gasteiger partial charge in [-0.3, -0.25) is 10.1 Å². The summed E-state index contributed by atoms with van der Waals surface area (Å²) >= 11 is 1.52. The maximum Gasteiger partial charge on any atom is 0.410 e. The Bertz CT molecular complexity index is 963. The van der Waals surface area contributed by atoms with Crippen LogP contribution in [0.2, 0.25) is 0 Å². The van der Waals surface area contributed by atoms with Crippen molar-refractivity contribution >= 4 is 34.8 Å². The van der Waals surface area contributed by atoms with E-state index in [4.69, 9.17) is 4.74 Å². The average molecular weight is 461 g/mol. The van der Waals surface area contributed by atoms with Crippen LogP contribution in [0.1, 0.15) is 33.6 Å². The highest BCUT2D eigenvalue weighted by atomic mass is 32.1. The maximum atomic E-state index is 12.4. The van der Waals surface area contributed by atoms with E-state index in [2.05, 4.69) is 10.6 Å². The molecule has 1 aliphatic rings. The van der Waals surface area contributed by atoms with Crippen LogP contribution in [-0.2, 0) is 4.74 Å². The Morgan fingerprint density at radius 2 is 1.97 bits per heavy atom. The van der Waals surface area contributed by atoms with E-state index < -0.39 is 16.6 Å². The minimum Gasteiger partial charge on any atom is -0.444 e. The lowest BCUT2D eigenvalue weighted by molar-refractivity contribution is -0.383. The largest absolute Gasteiger partial charge is 0.444 e. The third-order valence-corrected chi connectivity index (χ3v) is 5.98. The predicted octanol–water partition coefficient (Wildman–Crippen LogP) is 5.09. The molecule has 0 saturated carbocycles. The van der Waals surface area contributed by atoms with Gasteiger partial charge in [0.15, 0.2) is 0 Å². The fraction of sp³-hybridized carbons (Fsp3) is 0.455. The van der Waals surface area contributed by atoms with Crippen molar-refractivity contribution in [3.63, 3.8) is 0 Å². The molecule has 172 valence electrons. The summed E-state index contributed by atoms with van der Waals surface area (Å²) in [7, 11) is 0. The van der Waals surface area contributed by atoms with Crippen molar-refractivity contribution in [2.75, 3.05) is 25.0 Å². The molecule has 0 unspecified atom stereocenters. The number of hydrogen-bond donors (Lipinski definition) is 2. The fourth-order valence-electron chi connectivity index (χ4n) is 3.44. The lowest BCUT2D eigenvalue weighted by Gasteiger charge is -2.33. The van der Waals surface area contributed by atoms with Gasteiger partial charge >= 0.3 is 12.1 Å². The van der Waals surface area contributed by atoms with E-state index in [0.29, 0.717) is 19.6 Å². The van der Waals surface area contributed by atoms with Crippen molar-refractivity contribution in [1.82, 2.24) is 10.2 Å². The standard InChI is InChI=1S/C22H28N4O5S/c1-22(2,3)31-21(28)25-10-8-15(9-11-25)14-23-20(27)24-17-13-16(19-5-4-12-32-19)6-7-18(17)26(29)30/h4-7,12-13,15H,8-11,14H2,1-3H3,(H2,23,24,27). The SMILES string of the molecule is CC(C)(C)OC(=O)N1CCC(CNC(=O)Nc2cc(-c3cccs3)ccc2[N+](=O)[O-])CC1. The summed E-state index contributed by atoms with van der Waals surface area (Å²) in [5.74, 6) is 0.215. The van der Waals surface area contributed by atoms with Crippen LogP contribution in [0.4, 0.5) is 21.0 Å². The molecule has 0 aliphatic carbocycles. The number of carbonyl (C=O) groups excluding carboxylic acids is 2. The van der Waals surface area contributed by atoms with E-state index in [1.54, 1.807) is 17.0 Å². The van der Waals surface area contributed by atoms with Crippen LogP contribution in [0, 0.1) is 16.0 Å². The van der Waals surface area contributed by atoms with Gasteiger partial charge in [-0.15, -0.1) is 11.3 Å². The van der Waals surface area contributed by atoms with Gasteiger partial charge in [0.05, 0.1) is 4.92 Å². The van der Waals surface area contributed by atoms with Crippen molar-refractivity contribution in [1.29, 1.82) is 0 Å². The molecule has 0 radical (unpaired) electrons. The van der Waals surface area contributed by atoms with Gasteiger partial charge in [-0.2, -0.15) is 0 Å². The number of ether oxygens (including phenoxy) is 1. The summed E-state index contributed by atoms with van der Waals surface area (Å²) in [5, 5.41) is 18.7. The normalized spacial score (nSPS) is 14.7. The minimum atomic E-state index is -0.531. The fourth-order valence-corrected chi connectivity index (χ4v) is 4.17. The number of benzene rings is 1. The number of carbonyl (C=O) groups is 2. The second kappa shape index (κ2) is 9.99. The topological polar surface area (TPSA) is 114 Å². The van der Waals surface area contributed by atoms with Crippen LogP contribution in [-0.4, -0.2) is 47.2 Å². The lowest BCUT2D eigenvalue weighted by Crippen LogP contribution is -2.44. The van der Waals surface area contributed by atoms with Crippen molar-refractivity contribution in [3.8, 4) is 10.4 Å². The minimum absolute atomic E-state index is 0.151. The molecule has 1 aromatic carbocycles. The second-order valence-corrected chi connectivity index (χ2v) is 9.66. The molecule has 10 heteroatoms. The molecule has 32 heavy (non-hydrogen) atoms. The predicted molar refractivity (Wildman–Crippen MR) is 124 cm³/mol. The third kappa shape index (κ3) is 6.43. The number of thiophene rings is 1.